The Balaban J connectivity index is 2.48. The van der Waals surface area contributed by atoms with E-state index in [2.05, 4.69) is 13.8 Å². The Morgan fingerprint density at radius 3 is 2.52 bits per heavy atom. The van der Waals surface area contributed by atoms with Gasteiger partial charge in [0.15, 0.2) is 5.69 Å². The van der Waals surface area contributed by atoms with Crippen LogP contribution < -0.4 is 5.23 Å². The maximum absolute atomic E-state index is 11.7. The van der Waals surface area contributed by atoms with E-state index in [0.717, 1.165) is 43.1 Å². The van der Waals surface area contributed by atoms with Gasteiger partial charge in [0.25, 0.3) is 0 Å². The highest BCUT2D eigenvalue weighted by Gasteiger charge is 2.19. The van der Waals surface area contributed by atoms with Crippen molar-refractivity contribution in [2.75, 3.05) is 11.5 Å². The zero-order chi connectivity index (χ0) is 16.4. The highest BCUT2D eigenvalue weighted by atomic mass is 32.2. The molecule has 6 heteroatoms. The second-order valence-electron chi connectivity index (χ2n) is 4.96. The van der Waals surface area contributed by atoms with Gasteiger partial charge in [0, 0.05) is 21.2 Å². The van der Waals surface area contributed by atoms with Crippen molar-refractivity contribution < 1.29 is 10.4 Å². The standard InChI is InChI=1S/C17H18N2O2S2/c1-3-22-14-10-9-13(19(20)21)15-16(14)18-12-8-6-5-7-11(12)17(15)23-4-2/h5-10,19-20H,3-4H2,1-2H3. The normalized spacial score (nSPS) is 12.9. The number of para-hydroxylation sites is 1. The van der Waals surface area contributed by atoms with Crippen LogP contribution in [-0.2, 0) is 0 Å². The van der Waals surface area contributed by atoms with Crippen LogP contribution in [0, 0.1) is 5.21 Å². The summed E-state index contributed by atoms with van der Waals surface area (Å²) in [5.74, 6) is 1.81. The Bertz CT molecular complexity index is 853. The number of nitrogens with zero attached hydrogens (tertiary/aromatic N) is 1. The third-order valence-corrected chi connectivity index (χ3v) is 5.50. The smallest absolute Gasteiger partial charge is 0.174 e. The van der Waals surface area contributed by atoms with E-state index in [1.807, 2.05) is 30.3 Å². The zero-order valence-corrected chi connectivity index (χ0v) is 14.6. The largest absolute Gasteiger partial charge is 0.595 e. The molecule has 0 amide bonds. The molecule has 0 spiro atoms. The summed E-state index contributed by atoms with van der Waals surface area (Å²) in [4.78, 5) is 6.84. The Morgan fingerprint density at radius 1 is 1.09 bits per heavy atom. The maximum Gasteiger partial charge on any atom is 0.174 e. The van der Waals surface area contributed by atoms with Gasteiger partial charge in [-0.05, 0) is 23.6 Å². The molecule has 1 atom stereocenters. The van der Waals surface area contributed by atoms with Crippen LogP contribution in [0.25, 0.3) is 21.8 Å². The number of aromatic nitrogens is 1. The van der Waals surface area contributed by atoms with Gasteiger partial charge in [-0.25, -0.2) is 10.2 Å². The fourth-order valence-electron chi connectivity index (χ4n) is 2.68. The van der Waals surface area contributed by atoms with Gasteiger partial charge in [-0.2, -0.15) is 5.23 Å². The minimum atomic E-state index is -0.905. The lowest BCUT2D eigenvalue weighted by Gasteiger charge is -2.18. The molecule has 23 heavy (non-hydrogen) atoms. The summed E-state index contributed by atoms with van der Waals surface area (Å²) in [5.41, 5.74) is 2.04. The molecule has 2 aromatic carbocycles. The van der Waals surface area contributed by atoms with E-state index >= 15 is 0 Å². The van der Waals surface area contributed by atoms with Crippen LogP contribution in [0.2, 0.25) is 0 Å². The van der Waals surface area contributed by atoms with Crippen molar-refractivity contribution in [1.82, 2.24) is 4.98 Å². The third-order valence-electron chi connectivity index (χ3n) is 3.57. The minimum Gasteiger partial charge on any atom is -0.595 e. The first kappa shape index (κ1) is 16.5. The van der Waals surface area contributed by atoms with Crippen molar-refractivity contribution in [2.45, 2.75) is 23.6 Å². The van der Waals surface area contributed by atoms with Crippen molar-refractivity contribution in [1.29, 1.82) is 0 Å². The van der Waals surface area contributed by atoms with Crippen LogP contribution in [0.1, 0.15) is 13.8 Å². The van der Waals surface area contributed by atoms with Crippen molar-refractivity contribution in [3.05, 3.63) is 41.6 Å². The van der Waals surface area contributed by atoms with Crippen molar-refractivity contribution in [3.63, 3.8) is 0 Å². The van der Waals surface area contributed by atoms with Crippen LogP contribution in [0.15, 0.2) is 46.2 Å². The van der Waals surface area contributed by atoms with E-state index in [9.17, 15) is 10.4 Å². The van der Waals surface area contributed by atoms with E-state index in [1.54, 1.807) is 29.6 Å². The fraction of sp³-hybridized carbons (Fsp3) is 0.235. The molecule has 2 N–H and O–H groups in total. The lowest BCUT2D eigenvalue weighted by atomic mass is 10.1. The topological polar surface area (TPSA) is 60.6 Å². The van der Waals surface area contributed by atoms with Crippen LogP contribution >= 0.6 is 23.5 Å². The summed E-state index contributed by atoms with van der Waals surface area (Å²) in [7, 11) is 0. The van der Waals surface area contributed by atoms with E-state index in [-0.39, 0.29) is 0 Å². The zero-order valence-electron chi connectivity index (χ0n) is 13.0. The molecule has 0 saturated carbocycles. The van der Waals surface area contributed by atoms with Gasteiger partial charge in [-0.3, -0.25) is 0 Å². The van der Waals surface area contributed by atoms with E-state index in [1.165, 1.54) is 0 Å². The van der Waals surface area contributed by atoms with Gasteiger partial charge < -0.3 is 5.21 Å². The Hall–Kier alpha value is -1.31. The first-order valence-electron chi connectivity index (χ1n) is 7.51. The number of hydrogen-bond acceptors (Lipinski definition) is 5. The predicted molar refractivity (Wildman–Crippen MR) is 97.8 cm³/mol. The molecule has 0 bridgehead atoms. The maximum atomic E-state index is 11.7. The quantitative estimate of drug-likeness (QED) is 0.415. The van der Waals surface area contributed by atoms with Gasteiger partial charge >= 0.3 is 0 Å². The van der Waals surface area contributed by atoms with Gasteiger partial charge in [0.05, 0.1) is 16.4 Å². The molecule has 3 aromatic rings. The molecule has 0 aliphatic heterocycles. The highest BCUT2D eigenvalue weighted by Crippen LogP contribution is 2.40. The van der Waals surface area contributed by atoms with Crippen LogP contribution in [0.5, 0.6) is 0 Å². The third kappa shape index (κ3) is 3.05. The van der Waals surface area contributed by atoms with Gasteiger partial charge in [0.2, 0.25) is 0 Å². The molecule has 0 saturated heterocycles. The van der Waals surface area contributed by atoms with Gasteiger partial charge in [0.1, 0.15) is 0 Å². The van der Waals surface area contributed by atoms with Crippen LogP contribution in [-0.4, -0.2) is 21.7 Å². The van der Waals surface area contributed by atoms with E-state index in [4.69, 9.17) is 4.98 Å². The molecule has 0 fully saturated rings. The molecular formula is C17H18N2O2S2. The molecule has 3 rings (SSSR count). The van der Waals surface area contributed by atoms with Gasteiger partial charge in [-0.1, -0.05) is 32.0 Å². The molecule has 1 aromatic heterocycles. The van der Waals surface area contributed by atoms with E-state index < -0.39 is 5.23 Å². The lowest BCUT2D eigenvalue weighted by molar-refractivity contribution is -0.990. The number of pyridine rings is 1. The Kier molecular flexibility index (Phi) is 5.08. The second kappa shape index (κ2) is 7.07. The summed E-state index contributed by atoms with van der Waals surface area (Å²) in [6, 6.07) is 11.5. The summed E-state index contributed by atoms with van der Waals surface area (Å²) in [6.07, 6.45) is 0. The number of hydrogen-bond donors (Lipinski definition) is 2. The van der Waals surface area contributed by atoms with Crippen molar-refractivity contribution >= 4 is 51.0 Å². The molecule has 1 unspecified atom stereocenters. The average molecular weight is 346 g/mol. The average Bonchev–Trinajstić information content (AvgIpc) is 2.55. The minimum absolute atomic E-state index is 0.328. The molecular weight excluding hydrogens is 328 g/mol. The van der Waals surface area contributed by atoms with Crippen molar-refractivity contribution in [2.24, 2.45) is 0 Å². The number of rotatable bonds is 5. The Labute approximate surface area is 143 Å². The predicted octanol–water partition coefficient (Wildman–Crippen LogP) is 4.02. The molecule has 0 aliphatic carbocycles. The second-order valence-corrected chi connectivity index (χ2v) is 7.54. The van der Waals surface area contributed by atoms with Crippen LogP contribution in [0.3, 0.4) is 0 Å². The van der Waals surface area contributed by atoms with Crippen LogP contribution in [0.4, 0.5) is 5.69 Å². The van der Waals surface area contributed by atoms with Crippen molar-refractivity contribution in [3.8, 4) is 0 Å². The summed E-state index contributed by atoms with van der Waals surface area (Å²) < 4.78 is 0. The molecule has 120 valence electrons. The molecule has 0 radical (unpaired) electrons. The number of quaternary nitrogens is 1. The molecule has 4 nitrogen and oxygen atoms in total. The van der Waals surface area contributed by atoms with Gasteiger partial charge in [-0.15, -0.1) is 23.5 Å². The summed E-state index contributed by atoms with van der Waals surface area (Å²) in [6.45, 7) is 4.17. The molecule has 0 aliphatic rings. The number of benzene rings is 2. The monoisotopic (exact) mass is 346 g/mol. The first-order chi connectivity index (χ1) is 11.2. The number of fused-ring (bicyclic) bond motifs is 2. The fourth-order valence-corrected chi connectivity index (χ4v) is 4.40. The Morgan fingerprint density at radius 2 is 1.83 bits per heavy atom. The molecule has 1 heterocycles. The summed E-state index contributed by atoms with van der Waals surface area (Å²) >= 11 is 3.38. The number of thioether (sulfide) groups is 2. The SMILES string of the molecule is CCSc1ccc([NH+]([O-])O)c2c(SCC)c3ccccc3nc12. The highest BCUT2D eigenvalue weighted by molar-refractivity contribution is 8.00. The lowest BCUT2D eigenvalue weighted by Crippen LogP contribution is -2.99. The van der Waals surface area contributed by atoms with E-state index in [0.29, 0.717) is 5.69 Å². The first-order valence-corrected chi connectivity index (χ1v) is 9.48. The number of nitrogens with one attached hydrogen (secondary N) is 1. The summed E-state index contributed by atoms with van der Waals surface area (Å²) in [5, 5.41) is 22.2.